The fourth-order valence-corrected chi connectivity index (χ4v) is 6.59. The largest absolute Gasteiger partial charge is 0.495 e. The first-order chi connectivity index (χ1) is 22.4. The lowest BCUT2D eigenvalue weighted by molar-refractivity contribution is -0.161. The smallest absolute Gasteiger partial charge is 0.409 e. The Morgan fingerprint density at radius 3 is 2.56 bits per heavy atom. The number of anilines is 1. The van der Waals surface area contributed by atoms with Gasteiger partial charge in [0.2, 0.25) is 11.8 Å². The molecule has 0 aliphatic carbocycles. The Kier molecular flexibility index (Phi) is 11.2. The van der Waals surface area contributed by atoms with Gasteiger partial charge in [-0.1, -0.05) is 42.3 Å². The number of halogens is 1. The number of methoxy groups -OCH3 is 2. The van der Waals surface area contributed by atoms with Crippen LogP contribution in [0.25, 0.3) is 0 Å². The molecule has 0 radical (unpaired) electrons. The van der Waals surface area contributed by atoms with Gasteiger partial charge in [-0.15, -0.1) is 0 Å². The van der Waals surface area contributed by atoms with E-state index in [1.54, 1.807) is 45.2 Å². The minimum atomic E-state index is -1.81. The van der Waals surface area contributed by atoms with Gasteiger partial charge in [0.25, 0.3) is 0 Å². The highest BCUT2D eigenvalue weighted by Gasteiger charge is 2.64. The highest BCUT2D eigenvalue weighted by Crippen LogP contribution is 2.49. The van der Waals surface area contributed by atoms with E-state index in [0.717, 1.165) is 11.1 Å². The van der Waals surface area contributed by atoms with E-state index in [0.29, 0.717) is 17.9 Å². The predicted molar refractivity (Wildman–Crippen MR) is 177 cm³/mol. The van der Waals surface area contributed by atoms with Crippen molar-refractivity contribution >= 4 is 41.2 Å². The molecule has 3 aliphatic rings. The molecule has 0 spiro atoms. The van der Waals surface area contributed by atoms with Crippen molar-refractivity contribution in [1.29, 1.82) is 0 Å². The molecule has 4 rings (SSSR count). The van der Waals surface area contributed by atoms with E-state index in [9.17, 15) is 24.3 Å². The first-order valence-electron chi connectivity index (χ1n) is 15.8. The van der Waals surface area contributed by atoms with Crippen molar-refractivity contribution in [2.24, 2.45) is 5.92 Å². The Bertz CT molecular complexity index is 1500. The monoisotopic (exact) mass is 691 g/mol. The van der Waals surface area contributed by atoms with Gasteiger partial charge in [-0.25, -0.2) is 9.59 Å². The Balaban J connectivity index is 1.80. The highest BCUT2D eigenvalue weighted by atomic mass is 35.5. The molecule has 2 N–H and O–H groups in total. The number of epoxide rings is 1. The molecule has 3 amide bonds. The third kappa shape index (κ3) is 7.64. The van der Waals surface area contributed by atoms with Crippen LogP contribution in [0.15, 0.2) is 35.9 Å². The Morgan fingerprint density at radius 2 is 1.94 bits per heavy atom. The normalized spacial score (nSPS) is 31.4. The standard InChI is InChI=1S/C34H46ClN3O10/c1-18-11-10-12-26(45-9)34(43)17-25(46-32(42)36-34)19(2)30-33(5,48-30)27(47-31(41)20(3)37(6)21(4)39)16-28(40)38(7)23-14-22(13-18)15-24(44-8)29(23)35/h10-12,14-15,19-20,25-27,30,43H,13,16-17H2,1-9H3,(H,36,42)/t19-,20-,25+,26-,27+,30+,33-,34+/m0/s1. The number of alkyl carbamates (subject to hydrolysis) is 1. The van der Waals surface area contributed by atoms with Crippen molar-refractivity contribution in [3.05, 3.63) is 46.5 Å². The van der Waals surface area contributed by atoms with Gasteiger partial charge in [0.05, 0.1) is 25.3 Å². The summed E-state index contributed by atoms with van der Waals surface area (Å²) in [6.45, 7) is 8.29. The molecule has 0 aromatic heterocycles. The lowest BCUT2D eigenvalue weighted by Gasteiger charge is -2.42. The van der Waals surface area contributed by atoms with Crippen LogP contribution in [0.1, 0.15) is 53.0 Å². The highest BCUT2D eigenvalue weighted by molar-refractivity contribution is 6.35. The number of carbonyl (C=O) groups is 4. The van der Waals surface area contributed by atoms with Gasteiger partial charge in [0.15, 0.2) is 5.72 Å². The average Bonchev–Trinajstić information content (AvgIpc) is 3.73. The zero-order valence-electron chi connectivity index (χ0n) is 28.9. The fraction of sp³-hybridized carbons (Fsp3) is 0.588. The molecule has 3 heterocycles. The molecular weight excluding hydrogens is 646 g/mol. The van der Waals surface area contributed by atoms with Crippen LogP contribution in [0, 0.1) is 5.92 Å². The molecule has 3 aliphatic heterocycles. The molecular formula is C34H46ClN3O10. The summed E-state index contributed by atoms with van der Waals surface area (Å²) < 4.78 is 28.9. The maximum Gasteiger partial charge on any atom is 0.409 e. The number of allylic oxidation sites excluding steroid dienone is 3. The lowest BCUT2D eigenvalue weighted by atomic mass is 9.83. The topological polar surface area (TPSA) is 156 Å². The van der Waals surface area contributed by atoms with Crippen LogP contribution in [0.2, 0.25) is 5.02 Å². The fourth-order valence-electron chi connectivity index (χ4n) is 6.27. The number of benzene rings is 1. The van der Waals surface area contributed by atoms with E-state index in [2.05, 4.69) is 5.32 Å². The van der Waals surface area contributed by atoms with E-state index in [-0.39, 0.29) is 23.8 Å². The van der Waals surface area contributed by atoms with Gasteiger partial charge in [-0.05, 0) is 44.9 Å². The number of nitrogens with zero attached hydrogens (tertiary/aromatic N) is 2. The van der Waals surface area contributed by atoms with Crippen molar-refractivity contribution in [1.82, 2.24) is 10.2 Å². The Hall–Kier alpha value is -3.65. The van der Waals surface area contributed by atoms with Gasteiger partial charge >= 0.3 is 12.1 Å². The summed E-state index contributed by atoms with van der Waals surface area (Å²) in [5.74, 6) is -1.63. The van der Waals surface area contributed by atoms with E-state index >= 15 is 0 Å². The van der Waals surface area contributed by atoms with Crippen LogP contribution >= 0.6 is 11.6 Å². The zero-order chi connectivity index (χ0) is 35.7. The first kappa shape index (κ1) is 37.2. The summed E-state index contributed by atoms with van der Waals surface area (Å²) in [5, 5.41) is 14.4. The lowest BCUT2D eigenvalue weighted by Crippen LogP contribution is -2.63. The number of hydrogen-bond donors (Lipinski definition) is 2. The summed E-state index contributed by atoms with van der Waals surface area (Å²) >= 11 is 6.71. The van der Waals surface area contributed by atoms with Gasteiger partial charge in [-0.2, -0.15) is 0 Å². The van der Waals surface area contributed by atoms with Crippen LogP contribution in [-0.2, 0) is 39.8 Å². The minimum absolute atomic E-state index is 0.0436. The van der Waals surface area contributed by atoms with Crippen LogP contribution in [0.4, 0.5) is 10.5 Å². The molecule has 4 bridgehead atoms. The van der Waals surface area contributed by atoms with Crippen molar-refractivity contribution in [2.75, 3.05) is 33.2 Å². The molecule has 1 aromatic carbocycles. The number of carbonyl (C=O) groups excluding carboxylic acids is 4. The number of nitrogens with one attached hydrogen (secondary N) is 1. The molecule has 264 valence electrons. The molecule has 2 fully saturated rings. The van der Waals surface area contributed by atoms with Gasteiger partial charge < -0.3 is 38.6 Å². The molecule has 13 nitrogen and oxygen atoms in total. The number of ether oxygens (including phenoxy) is 5. The zero-order valence-corrected chi connectivity index (χ0v) is 29.6. The van der Waals surface area contributed by atoms with Gasteiger partial charge in [0.1, 0.15) is 40.7 Å². The van der Waals surface area contributed by atoms with Crippen LogP contribution < -0.4 is 15.0 Å². The van der Waals surface area contributed by atoms with Gasteiger partial charge in [-0.3, -0.25) is 14.9 Å². The third-order valence-corrected chi connectivity index (χ3v) is 10.0. The quantitative estimate of drug-likeness (QED) is 0.346. The third-order valence-electron chi connectivity index (χ3n) is 9.63. The van der Waals surface area contributed by atoms with E-state index in [1.807, 2.05) is 13.0 Å². The predicted octanol–water partition coefficient (Wildman–Crippen LogP) is 3.53. The maximum absolute atomic E-state index is 14.0. The molecule has 8 atom stereocenters. The summed E-state index contributed by atoms with van der Waals surface area (Å²) in [6, 6.07) is 2.63. The summed E-state index contributed by atoms with van der Waals surface area (Å²) in [6.07, 6.45) is 1.02. The Labute approximate surface area is 286 Å². The van der Waals surface area contributed by atoms with Crippen LogP contribution in [-0.4, -0.2) is 104 Å². The number of rotatable bonds is 5. The second kappa shape index (κ2) is 14.5. The number of likely N-dealkylation sites (N-methyl/N-ethyl adjacent to an activating group) is 1. The van der Waals surface area contributed by atoms with Crippen molar-refractivity contribution < 1.29 is 48.0 Å². The number of hydrogen-bond acceptors (Lipinski definition) is 10. The van der Waals surface area contributed by atoms with Crippen molar-refractivity contribution in [2.45, 2.75) is 95.7 Å². The molecule has 48 heavy (non-hydrogen) atoms. The summed E-state index contributed by atoms with van der Waals surface area (Å²) in [4.78, 5) is 54.7. The number of aliphatic hydroxyl groups is 1. The number of fused-ring (bicyclic) bond motifs is 5. The van der Waals surface area contributed by atoms with Crippen molar-refractivity contribution in [3.8, 4) is 5.75 Å². The summed E-state index contributed by atoms with van der Waals surface area (Å²) in [7, 11) is 5.97. The maximum atomic E-state index is 14.0. The second-order valence-electron chi connectivity index (χ2n) is 13.0. The molecule has 1 aromatic rings. The average molecular weight is 692 g/mol. The number of esters is 1. The first-order valence-corrected chi connectivity index (χ1v) is 16.2. The number of amides is 3. The van der Waals surface area contributed by atoms with Crippen LogP contribution in [0.5, 0.6) is 5.75 Å². The van der Waals surface area contributed by atoms with E-state index in [4.69, 9.17) is 35.3 Å². The van der Waals surface area contributed by atoms with Crippen molar-refractivity contribution in [3.63, 3.8) is 0 Å². The minimum Gasteiger partial charge on any atom is -0.495 e. The molecule has 14 heteroatoms. The van der Waals surface area contributed by atoms with Gasteiger partial charge in [0, 0.05) is 40.5 Å². The summed E-state index contributed by atoms with van der Waals surface area (Å²) in [5.41, 5.74) is -0.871. The van der Waals surface area contributed by atoms with E-state index in [1.165, 1.54) is 44.9 Å². The Morgan fingerprint density at radius 1 is 1.25 bits per heavy atom. The second-order valence-corrected chi connectivity index (χ2v) is 13.4. The van der Waals surface area contributed by atoms with E-state index < -0.39 is 65.7 Å². The SMILES string of the molecule is COc1cc2cc(c1Cl)N(C)C(=O)C[C@@H](OC(=O)[C@H](C)N(C)C(C)=O)[C@]1(C)O[C@@H]1[C@@H](C)[C@H]1C[C@](O)(NC(=O)O1)[C@@H](OC)C=CC=C(C)C2. The van der Waals surface area contributed by atoms with Crippen LogP contribution in [0.3, 0.4) is 0 Å². The molecule has 0 saturated carbocycles. The molecule has 2 saturated heterocycles. The molecule has 0 unspecified atom stereocenters.